The molecular formula is C20H27N4O13P. The molecule has 210 valence electrons. The fourth-order valence-electron chi connectivity index (χ4n) is 4.22. The number of H-pyrrole nitrogens is 2. The Morgan fingerprint density at radius 1 is 1.08 bits per heavy atom. The summed E-state index contributed by atoms with van der Waals surface area (Å²) in [5.74, 6) is -2.43. The summed E-state index contributed by atoms with van der Waals surface area (Å²) in [6.45, 7) is 2.07. The van der Waals surface area contributed by atoms with Gasteiger partial charge in [0.15, 0.2) is 6.29 Å². The van der Waals surface area contributed by atoms with E-state index >= 15 is 0 Å². The van der Waals surface area contributed by atoms with Crippen LogP contribution in [-0.4, -0.2) is 76.5 Å². The summed E-state index contributed by atoms with van der Waals surface area (Å²) in [5.41, 5.74) is -2.53. The zero-order chi connectivity index (χ0) is 27.9. The lowest BCUT2D eigenvalue weighted by molar-refractivity contribution is -0.198. The van der Waals surface area contributed by atoms with Gasteiger partial charge in [0.05, 0.1) is 19.1 Å². The molecule has 2 saturated heterocycles. The molecule has 17 nitrogen and oxygen atoms in total. The number of aliphatic hydroxyl groups is 4. The molecule has 0 amide bonds. The minimum absolute atomic E-state index is 0.165. The molecule has 4 rings (SSSR count). The van der Waals surface area contributed by atoms with Crippen molar-refractivity contribution in [3.05, 3.63) is 65.2 Å². The SMILES string of the molecule is Cc1cn([C@H]2C[C@H](O)[C@@H](C(O)O[PH](=O)O[C@@]3(O)C[C@H](n4cc(C)c(=O)[nH]c4=O)O[C@@H]3CO)O2)c(=O)[nH]c1=O. The van der Waals surface area contributed by atoms with Crippen LogP contribution in [0.25, 0.3) is 0 Å². The zero-order valence-corrected chi connectivity index (χ0v) is 21.1. The molecule has 0 spiro atoms. The third-order valence-electron chi connectivity index (χ3n) is 6.26. The molecule has 2 unspecified atom stereocenters. The maximum absolute atomic E-state index is 12.6. The Balaban J connectivity index is 1.43. The third-order valence-corrected chi connectivity index (χ3v) is 7.22. The van der Waals surface area contributed by atoms with Crippen molar-refractivity contribution in [2.75, 3.05) is 6.61 Å². The van der Waals surface area contributed by atoms with Crippen LogP contribution in [0.15, 0.2) is 31.6 Å². The summed E-state index contributed by atoms with van der Waals surface area (Å²) in [4.78, 5) is 51.6. The summed E-state index contributed by atoms with van der Waals surface area (Å²) in [6.07, 6.45) is -7.02. The monoisotopic (exact) mass is 562 g/mol. The van der Waals surface area contributed by atoms with Crippen LogP contribution in [0.5, 0.6) is 0 Å². The molecule has 0 radical (unpaired) electrons. The smallest absolute Gasteiger partial charge is 0.330 e. The topological polar surface area (TPSA) is 245 Å². The van der Waals surface area contributed by atoms with E-state index in [1.807, 2.05) is 0 Å². The zero-order valence-electron chi connectivity index (χ0n) is 20.1. The highest BCUT2D eigenvalue weighted by Gasteiger charge is 2.51. The highest BCUT2D eigenvalue weighted by Crippen LogP contribution is 2.44. The van der Waals surface area contributed by atoms with Gasteiger partial charge in [-0.05, 0) is 13.8 Å². The molecule has 0 aliphatic carbocycles. The molecule has 8 atom stereocenters. The standard InChI is InChI=1S/C20H27N4O13P/c1-8-5-23(18(30)21-15(8)27)12-3-10(26)14(35-12)17(29)36-38(33)37-20(32)4-13(34-11(20)7-25)24-6-9(2)16(28)22-19(24)31/h5-6,10-14,17,25-26,29,32,38H,3-4,7H2,1-2H3,(H,21,27,30)(H,22,28,31)/t10-,11+,12+,13+,14-,17?,20-/m0/s1. The van der Waals surface area contributed by atoms with Crippen molar-refractivity contribution in [2.45, 2.75) is 69.5 Å². The molecular weight excluding hydrogens is 535 g/mol. The van der Waals surface area contributed by atoms with E-state index in [9.17, 15) is 44.2 Å². The Labute approximate surface area is 212 Å². The van der Waals surface area contributed by atoms with Crippen molar-refractivity contribution in [2.24, 2.45) is 0 Å². The summed E-state index contributed by atoms with van der Waals surface area (Å²) in [5, 5.41) is 41.2. The summed E-state index contributed by atoms with van der Waals surface area (Å²) >= 11 is 0. The summed E-state index contributed by atoms with van der Waals surface area (Å²) < 4.78 is 35.5. The average molecular weight is 562 g/mol. The fraction of sp³-hybridized carbons (Fsp3) is 0.600. The highest BCUT2D eigenvalue weighted by molar-refractivity contribution is 7.33. The van der Waals surface area contributed by atoms with Crippen LogP contribution in [0.3, 0.4) is 0 Å². The van der Waals surface area contributed by atoms with Crippen LogP contribution in [0.1, 0.15) is 36.4 Å². The van der Waals surface area contributed by atoms with E-state index in [1.54, 1.807) is 0 Å². The molecule has 38 heavy (non-hydrogen) atoms. The van der Waals surface area contributed by atoms with Crippen LogP contribution in [0, 0.1) is 13.8 Å². The van der Waals surface area contributed by atoms with Gasteiger partial charge in [-0.15, -0.1) is 0 Å². The predicted molar refractivity (Wildman–Crippen MR) is 124 cm³/mol. The molecule has 18 heteroatoms. The largest absolute Gasteiger partial charge is 0.393 e. The molecule has 4 heterocycles. The predicted octanol–water partition coefficient (Wildman–Crippen LogP) is -2.94. The Morgan fingerprint density at radius 3 is 2.18 bits per heavy atom. The van der Waals surface area contributed by atoms with Gasteiger partial charge < -0.3 is 29.9 Å². The van der Waals surface area contributed by atoms with E-state index in [-0.39, 0.29) is 17.5 Å². The lowest BCUT2D eigenvalue weighted by Crippen LogP contribution is -2.42. The number of ether oxygens (including phenoxy) is 2. The van der Waals surface area contributed by atoms with Gasteiger partial charge in [-0.2, -0.15) is 0 Å². The van der Waals surface area contributed by atoms with Crippen LogP contribution < -0.4 is 22.5 Å². The number of aryl methyl sites for hydroxylation is 2. The number of rotatable bonds is 8. The maximum Gasteiger partial charge on any atom is 0.330 e. The van der Waals surface area contributed by atoms with E-state index in [4.69, 9.17) is 18.5 Å². The molecule has 2 fully saturated rings. The van der Waals surface area contributed by atoms with Gasteiger partial charge in [-0.25, -0.2) is 9.59 Å². The molecule has 0 aromatic carbocycles. The first-order valence-corrected chi connectivity index (χ1v) is 12.6. The first kappa shape index (κ1) is 28.3. The van der Waals surface area contributed by atoms with Gasteiger partial charge in [-0.1, -0.05) is 0 Å². The van der Waals surface area contributed by atoms with E-state index in [0.29, 0.717) is 0 Å². The minimum atomic E-state index is -3.76. The van der Waals surface area contributed by atoms with Crippen molar-refractivity contribution in [1.82, 2.24) is 19.1 Å². The molecule has 2 aromatic rings. The number of nitrogens with one attached hydrogen (secondary N) is 2. The molecule has 6 N–H and O–H groups in total. The Bertz CT molecular complexity index is 1450. The third kappa shape index (κ3) is 5.51. The first-order valence-electron chi connectivity index (χ1n) is 11.4. The number of aromatic amines is 2. The van der Waals surface area contributed by atoms with Crippen LogP contribution >= 0.6 is 8.25 Å². The van der Waals surface area contributed by atoms with Gasteiger partial charge in [0.2, 0.25) is 5.79 Å². The van der Waals surface area contributed by atoms with Crippen molar-refractivity contribution >= 4 is 8.25 Å². The normalized spacial score (nSPS) is 30.9. The van der Waals surface area contributed by atoms with Crippen LogP contribution in [-0.2, 0) is 23.1 Å². The summed E-state index contributed by atoms with van der Waals surface area (Å²) in [6, 6.07) is 0. The van der Waals surface area contributed by atoms with E-state index < -0.39 is 86.6 Å². The Kier molecular flexibility index (Phi) is 8.04. The van der Waals surface area contributed by atoms with E-state index in [2.05, 4.69) is 9.97 Å². The lowest BCUT2D eigenvalue weighted by atomic mass is 10.1. The van der Waals surface area contributed by atoms with Crippen molar-refractivity contribution < 1.29 is 43.5 Å². The van der Waals surface area contributed by atoms with Crippen LogP contribution in [0.2, 0.25) is 0 Å². The minimum Gasteiger partial charge on any atom is -0.393 e. The Hall–Kier alpha value is -2.73. The van der Waals surface area contributed by atoms with Gasteiger partial charge in [-0.3, -0.25) is 42.3 Å². The van der Waals surface area contributed by atoms with Gasteiger partial charge in [0, 0.05) is 29.9 Å². The second-order valence-electron chi connectivity index (χ2n) is 8.99. The summed E-state index contributed by atoms with van der Waals surface area (Å²) in [7, 11) is -3.76. The number of aromatic nitrogens is 4. The lowest BCUT2D eigenvalue weighted by Gasteiger charge is -2.27. The van der Waals surface area contributed by atoms with E-state index in [0.717, 1.165) is 9.13 Å². The number of hydrogen-bond acceptors (Lipinski definition) is 13. The Morgan fingerprint density at radius 2 is 1.63 bits per heavy atom. The molecule has 2 aliphatic heterocycles. The molecule has 2 aliphatic rings. The number of hydrogen-bond donors (Lipinski definition) is 6. The second-order valence-corrected chi connectivity index (χ2v) is 9.93. The highest BCUT2D eigenvalue weighted by atomic mass is 31.1. The van der Waals surface area contributed by atoms with Gasteiger partial charge >= 0.3 is 19.6 Å². The second kappa shape index (κ2) is 10.8. The first-order chi connectivity index (χ1) is 17.8. The molecule has 2 aromatic heterocycles. The number of nitrogens with zero attached hydrogens (tertiary/aromatic N) is 2. The fourth-order valence-corrected chi connectivity index (χ4v) is 5.10. The van der Waals surface area contributed by atoms with Crippen LogP contribution in [0.4, 0.5) is 0 Å². The van der Waals surface area contributed by atoms with Crippen molar-refractivity contribution in [3.8, 4) is 0 Å². The average Bonchev–Trinajstić information content (AvgIpc) is 3.37. The van der Waals surface area contributed by atoms with E-state index in [1.165, 1.54) is 26.2 Å². The van der Waals surface area contributed by atoms with Gasteiger partial charge in [0.25, 0.3) is 11.1 Å². The van der Waals surface area contributed by atoms with Crippen molar-refractivity contribution in [3.63, 3.8) is 0 Å². The quantitative estimate of drug-likeness (QED) is 0.139. The maximum atomic E-state index is 12.6. The van der Waals surface area contributed by atoms with Gasteiger partial charge in [0.1, 0.15) is 24.7 Å². The molecule has 0 bridgehead atoms. The number of aliphatic hydroxyl groups excluding tert-OH is 3. The van der Waals surface area contributed by atoms with Crippen molar-refractivity contribution in [1.29, 1.82) is 0 Å². The molecule has 0 saturated carbocycles.